The third-order valence-electron chi connectivity index (χ3n) is 6.53. The Morgan fingerprint density at radius 3 is 2.32 bits per heavy atom. The van der Waals surface area contributed by atoms with Gasteiger partial charge in [-0.15, -0.1) is 24.8 Å². The van der Waals surface area contributed by atoms with E-state index in [0.29, 0.717) is 13.0 Å². The Bertz CT molecular complexity index is 663. The molecule has 2 N–H and O–H groups in total. The Kier molecular flexibility index (Phi) is 8.79. The minimum absolute atomic E-state index is 0. The number of nitrogens with two attached hydrogens (primary N) is 1. The van der Waals surface area contributed by atoms with Gasteiger partial charge in [-0.1, -0.05) is 38.1 Å². The van der Waals surface area contributed by atoms with Gasteiger partial charge in [0, 0.05) is 51.2 Å². The molecule has 2 atom stereocenters. The van der Waals surface area contributed by atoms with Crippen LogP contribution in [0.15, 0.2) is 24.3 Å². The summed E-state index contributed by atoms with van der Waals surface area (Å²) < 4.78 is 5.76. The van der Waals surface area contributed by atoms with Crippen molar-refractivity contribution < 1.29 is 9.53 Å². The van der Waals surface area contributed by atoms with Crippen molar-refractivity contribution in [1.29, 1.82) is 0 Å². The lowest BCUT2D eigenvalue weighted by molar-refractivity contribution is -0.180. The molecule has 1 aliphatic heterocycles. The molecular weight excluding hydrogens is 397 g/mol. The topological polar surface area (TPSA) is 58.8 Å². The number of carbonyl (C=O) groups excluding carboxylic acids is 1. The number of benzene rings is 1. The van der Waals surface area contributed by atoms with Crippen LogP contribution in [0.4, 0.5) is 0 Å². The molecule has 3 rings (SSSR count). The number of halogens is 2. The van der Waals surface area contributed by atoms with E-state index in [0.717, 1.165) is 32.7 Å². The number of amides is 1. The van der Waals surface area contributed by atoms with Crippen molar-refractivity contribution in [3.63, 3.8) is 0 Å². The van der Waals surface area contributed by atoms with Crippen LogP contribution in [0.3, 0.4) is 0 Å². The third kappa shape index (κ3) is 4.49. The lowest BCUT2D eigenvalue weighted by atomic mass is 9.54. The van der Waals surface area contributed by atoms with Crippen molar-refractivity contribution in [3.8, 4) is 0 Å². The molecule has 0 bridgehead atoms. The van der Waals surface area contributed by atoms with E-state index in [1.54, 1.807) is 0 Å². The number of piperazine rings is 1. The van der Waals surface area contributed by atoms with Gasteiger partial charge in [0.1, 0.15) is 5.54 Å². The standard InChI is InChI=1S/C21H33N3O2.2ClH/c1-5-26-18-14-21(22,20(18,3)4)19(25)24-12-10-23(11-13-24)15-17-9-7-6-8-16(17)2;;/h6-9,18H,5,10-15,22H2,1-4H3;2*1H. The van der Waals surface area contributed by atoms with E-state index in [9.17, 15) is 4.79 Å². The van der Waals surface area contributed by atoms with E-state index >= 15 is 0 Å². The second-order valence-corrected chi connectivity index (χ2v) is 8.34. The van der Waals surface area contributed by atoms with E-state index < -0.39 is 5.54 Å². The molecule has 1 heterocycles. The van der Waals surface area contributed by atoms with Gasteiger partial charge in [-0.3, -0.25) is 9.69 Å². The van der Waals surface area contributed by atoms with Gasteiger partial charge in [-0.25, -0.2) is 0 Å². The molecule has 160 valence electrons. The van der Waals surface area contributed by atoms with Crippen molar-refractivity contribution in [2.75, 3.05) is 32.8 Å². The molecule has 28 heavy (non-hydrogen) atoms. The van der Waals surface area contributed by atoms with Gasteiger partial charge in [-0.2, -0.15) is 0 Å². The number of ether oxygens (including phenoxy) is 1. The number of rotatable bonds is 5. The minimum atomic E-state index is -0.801. The molecule has 1 amide bonds. The van der Waals surface area contributed by atoms with Crippen LogP contribution >= 0.6 is 24.8 Å². The monoisotopic (exact) mass is 431 g/mol. The Balaban J connectivity index is 0.00000196. The Labute approximate surface area is 181 Å². The molecular formula is C21H35Cl2N3O2. The summed E-state index contributed by atoms with van der Waals surface area (Å²) in [5, 5.41) is 0. The van der Waals surface area contributed by atoms with E-state index in [1.807, 2.05) is 11.8 Å². The molecule has 0 radical (unpaired) electrons. The second-order valence-electron chi connectivity index (χ2n) is 8.34. The molecule has 1 aliphatic carbocycles. The molecule has 2 unspecified atom stereocenters. The predicted octanol–water partition coefficient (Wildman–Crippen LogP) is 3.02. The summed E-state index contributed by atoms with van der Waals surface area (Å²) in [7, 11) is 0. The van der Waals surface area contributed by atoms with Crippen LogP contribution in [0.25, 0.3) is 0 Å². The maximum absolute atomic E-state index is 13.1. The van der Waals surface area contributed by atoms with E-state index in [4.69, 9.17) is 10.5 Å². The van der Waals surface area contributed by atoms with Crippen molar-refractivity contribution in [2.45, 2.75) is 52.3 Å². The zero-order chi connectivity index (χ0) is 18.9. The predicted molar refractivity (Wildman–Crippen MR) is 118 cm³/mol. The summed E-state index contributed by atoms with van der Waals surface area (Å²) in [4.78, 5) is 17.5. The van der Waals surface area contributed by atoms with E-state index in [1.165, 1.54) is 11.1 Å². The van der Waals surface area contributed by atoms with Crippen LogP contribution in [0, 0.1) is 12.3 Å². The first-order valence-corrected chi connectivity index (χ1v) is 9.76. The van der Waals surface area contributed by atoms with Crippen LogP contribution < -0.4 is 5.73 Å². The molecule has 2 fully saturated rings. The van der Waals surface area contributed by atoms with Gasteiger partial charge in [0.2, 0.25) is 5.91 Å². The Morgan fingerprint density at radius 1 is 1.18 bits per heavy atom. The lowest BCUT2D eigenvalue weighted by Crippen LogP contribution is -2.76. The molecule has 7 heteroatoms. The number of hydrogen-bond donors (Lipinski definition) is 1. The van der Waals surface area contributed by atoms with Gasteiger partial charge in [0.15, 0.2) is 0 Å². The summed E-state index contributed by atoms with van der Waals surface area (Å²) in [5.74, 6) is 0.0917. The van der Waals surface area contributed by atoms with Gasteiger partial charge in [0.05, 0.1) is 6.10 Å². The van der Waals surface area contributed by atoms with Gasteiger partial charge >= 0.3 is 0 Å². The molecule has 1 aromatic carbocycles. The first-order valence-electron chi connectivity index (χ1n) is 9.76. The van der Waals surface area contributed by atoms with Gasteiger partial charge < -0.3 is 15.4 Å². The molecule has 2 aliphatic rings. The Morgan fingerprint density at radius 2 is 1.79 bits per heavy atom. The zero-order valence-electron chi connectivity index (χ0n) is 17.4. The highest BCUT2D eigenvalue weighted by Gasteiger charge is 2.63. The first-order chi connectivity index (χ1) is 12.3. The third-order valence-corrected chi connectivity index (χ3v) is 6.53. The molecule has 1 saturated carbocycles. The summed E-state index contributed by atoms with van der Waals surface area (Å²) in [6.45, 7) is 13.2. The summed E-state index contributed by atoms with van der Waals surface area (Å²) >= 11 is 0. The first kappa shape index (κ1) is 25.2. The molecule has 0 spiro atoms. The average Bonchev–Trinajstić information content (AvgIpc) is 2.63. The van der Waals surface area contributed by atoms with Crippen molar-refractivity contribution >= 4 is 30.7 Å². The van der Waals surface area contributed by atoms with Crippen molar-refractivity contribution in [3.05, 3.63) is 35.4 Å². The molecule has 1 saturated heterocycles. The number of hydrogen-bond acceptors (Lipinski definition) is 4. The highest BCUT2D eigenvalue weighted by Crippen LogP contribution is 2.50. The highest BCUT2D eigenvalue weighted by atomic mass is 35.5. The fourth-order valence-electron chi connectivity index (χ4n) is 4.22. The van der Waals surface area contributed by atoms with Crippen LogP contribution in [-0.2, 0) is 16.1 Å². The van der Waals surface area contributed by atoms with Crippen LogP contribution in [0.1, 0.15) is 38.3 Å². The van der Waals surface area contributed by atoms with Crippen LogP contribution in [-0.4, -0.2) is 60.1 Å². The Hall–Kier alpha value is -0.850. The number of carbonyl (C=O) groups is 1. The summed E-state index contributed by atoms with van der Waals surface area (Å²) in [6.07, 6.45) is 0.694. The zero-order valence-corrected chi connectivity index (χ0v) is 19.1. The van der Waals surface area contributed by atoms with Crippen molar-refractivity contribution in [2.24, 2.45) is 11.1 Å². The van der Waals surface area contributed by atoms with Gasteiger partial charge in [0.25, 0.3) is 0 Å². The van der Waals surface area contributed by atoms with E-state index in [-0.39, 0.29) is 42.2 Å². The largest absolute Gasteiger partial charge is 0.378 e. The van der Waals surface area contributed by atoms with Gasteiger partial charge in [-0.05, 0) is 25.0 Å². The number of aryl methyl sites for hydroxylation is 1. The molecule has 0 aromatic heterocycles. The SMILES string of the molecule is CCOC1CC(N)(C(=O)N2CCN(Cc3ccccc3C)CC2)C1(C)C.Cl.Cl. The fraction of sp³-hybridized carbons (Fsp3) is 0.667. The van der Waals surface area contributed by atoms with Crippen molar-refractivity contribution in [1.82, 2.24) is 9.80 Å². The van der Waals surface area contributed by atoms with Crippen LogP contribution in [0.5, 0.6) is 0 Å². The minimum Gasteiger partial charge on any atom is -0.378 e. The maximum atomic E-state index is 13.1. The average molecular weight is 432 g/mol. The fourth-order valence-corrected chi connectivity index (χ4v) is 4.22. The maximum Gasteiger partial charge on any atom is 0.243 e. The highest BCUT2D eigenvalue weighted by molar-refractivity contribution is 5.89. The molecule has 1 aromatic rings. The lowest BCUT2D eigenvalue weighted by Gasteiger charge is -2.59. The molecule has 5 nitrogen and oxygen atoms in total. The van der Waals surface area contributed by atoms with Crippen LogP contribution in [0.2, 0.25) is 0 Å². The smallest absolute Gasteiger partial charge is 0.243 e. The van der Waals surface area contributed by atoms with E-state index in [2.05, 4.69) is 49.9 Å². The second kappa shape index (κ2) is 9.77. The quantitative estimate of drug-likeness (QED) is 0.777. The summed E-state index contributed by atoms with van der Waals surface area (Å²) in [5.41, 5.74) is 8.13. The normalized spacial score (nSPS) is 26.6. The summed E-state index contributed by atoms with van der Waals surface area (Å²) in [6, 6.07) is 8.51. The number of nitrogens with zero attached hydrogens (tertiary/aromatic N) is 2.